The number of rotatable bonds is 4. The lowest BCUT2D eigenvalue weighted by atomic mass is 10.2. The summed E-state index contributed by atoms with van der Waals surface area (Å²) in [4.78, 5) is 26.8. The number of hydrogen-bond acceptors (Lipinski definition) is 6. The number of aryl methyl sites for hydroxylation is 2. The van der Waals surface area contributed by atoms with Crippen molar-refractivity contribution in [3.8, 4) is 21.1 Å². The monoisotopic (exact) mass is 392 g/mol. The van der Waals surface area contributed by atoms with Gasteiger partial charge in [-0.1, -0.05) is 47.2 Å². The molecule has 0 atom stereocenters. The van der Waals surface area contributed by atoms with Crippen LogP contribution in [0.15, 0.2) is 54.0 Å². The van der Waals surface area contributed by atoms with E-state index in [1.54, 1.807) is 11.6 Å². The zero-order valence-corrected chi connectivity index (χ0v) is 16.4. The quantitative estimate of drug-likeness (QED) is 0.518. The summed E-state index contributed by atoms with van der Waals surface area (Å²) in [6.07, 6.45) is 1.74. The average Bonchev–Trinajstić information content (AvgIpc) is 3.30. The van der Waals surface area contributed by atoms with Crippen LogP contribution in [0.2, 0.25) is 0 Å². The van der Waals surface area contributed by atoms with Crippen LogP contribution in [-0.4, -0.2) is 20.9 Å². The number of aromatic nitrogens is 3. The first-order valence-electron chi connectivity index (χ1n) is 8.33. The molecule has 0 aliphatic carbocycles. The lowest BCUT2D eigenvalue weighted by Gasteiger charge is -1.98. The molecule has 0 radical (unpaired) electrons. The van der Waals surface area contributed by atoms with E-state index in [-0.39, 0.29) is 5.91 Å². The zero-order valence-electron chi connectivity index (χ0n) is 14.8. The molecule has 7 heteroatoms. The van der Waals surface area contributed by atoms with Crippen LogP contribution in [0, 0.1) is 13.8 Å². The molecule has 134 valence electrons. The Hall–Kier alpha value is -2.90. The SMILES string of the molecule is Cc1ccc(-c2nc(C(=O)Nc3nc(C)c(-c4ccccn4)s3)cs2)cc1. The first kappa shape index (κ1) is 17.5. The Kier molecular flexibility index (Phi) is 4.79. The maximum atomic E-state index is 12.6. The van der Waals surface area contributed by atoms with Gasteiger partial charge in [0.15, 0.2) is 5.13 Å². The van der Waals surface area contributed by atoms with Crippen molar-refractivity contribution in [2.24, 2.45) is 0 Å². The Morgan fingerprint density at radius 3 is 2.59 bits per heavy atom. The summed E-state index contributed by atoms with van der Waals surface area (Å²) in [6, 6.07) is 13.8. The minimum Gasteiger partial charge on any atom is -0.296 e. The number of benzene rings is 1. The molecule has 0 aliphatic heterocycles. The third-order valence-electron chi connectivity index (χ3n) is 3.95. The molecule has 0 fully saturated rings. The van der Waals surface area contributed by atoms with Gasteiger partial charge < -0.3 is 0 Å². The number of pyridine rings is 1. The molecule has 1 N–H and O–H groups in total. The molecule has 0 saturated carbocycles. The van der Waals surface area contributed by atoms with Gasteiger partial charge in [-0.3, -0.25) is 15.1 Å². The minimum absolute atomic E-state index is 0.258. The molecule has 4 aromatic rings. The first-order chi connectivity index (χ1) is 13.1. The van der Waals surface area contributed by atoms with Crippen LogP contribution in [0.1, 0.15) is 21.7 Å². The molecule has 0 aliphatic rings. The van der Waals surface area contributed by atoms with Crippen LogP contribution in [0.25, 0.3) is 21.1 Å². The van der Waals surface area contributed by atoms with Crippen molar-refractivity contribution < 1.29 is 4.79 Å². The van der Waals surface area contributed by atoms with Gasteiger partial charge in [0.1, 0.15) is 10.7 Å². The Morgan fingerprint density at radius 1 is 1.04 bits per heavy atom. The second-order valence-corrected chi connectivity index (χ2v) is 7.86. The van der Waals surface area contributed by atoms with Crippen LogP contribution in [0.3, 0.4) is 0 Å². The van der Waals surface area contributed by atoms with Crippen molar-refractivity contribution in [2.75, 3.05) is 5.32 Å². The molecular formula is C20H16N4OS2. The second kappa shape index (κ2) is 7.38. The Balaban J connectivity index is 1.52. The number of nitrogens with zero attached hydrogens (tertiary/aromatic N) is 3. The highest BCUT2D eigenvalue weighted by atomic mass is 32.1. The van der Waals surface area contributed by atoms with E-state index in [4.69, 9.17) is 0 Å². The van der Waals surface area contributed by atoms with Gasteiger partial charge in [-0.25, -0.2) is 9.97 Å². The van der Waals surface area contributed by atoms with E-state index < -0.39 is 0 Å². The highest BCUT2D eigenvalue weighted by Crippen LogP contribution is 2.31. The van der Waals surface area contributed by atoms with E-state index in [2.05, 4.69) is 20.3 Å². The van der Waals surface area contributed by atoms with Crippen molar-refractivity contribution in [2.45, 2.75) is 13.8 Å². The van der Waals surface area contributed by atoms with Gasteiger partial charge in [0.2, 0.25) is 0 Å². The molecule has 3 aromatic heterocycles. The van der Waals surface area contributed by atoms with E-state index in [0.29, 0.717) is 10.8 Å². The molecule has 5 nitrogen and oxygen atoms in total. The number of carbonyl (C=O) groups excluding carboxylic acids is 1. The van der Waals surface area contributed by atoms with Crippen LogP contribution >= 0.6 is 22.7 Å². The average molecular weight is 393 g/mol. The van der Waals surface area contributed by atoms with Crippen LogP contribution < -0.4 is 5.32 Å². The van der Waals surface area contributed by atoms with Crippen molar-refractivity contribution in [3.63, 3.8) is 0 Å². The number of thiazole rings is 2. The third-order valence-corrected chi connectivity index (χ3v) is 5.94. The van der Waals surface area contributed by atoms with Crippen LogP contribution in [0.4, 0.5) is 5.13 Å². The predicted molar refractivity (Wildman–Crippen MR) is 110 cm³/mol. The van der Waals surface area contributed by atoms with Gasteiger partial charge in [-0.05, 0) is 26.0 Å². The van der Waals surface area contributed by atoms with E-state index in [1.807, 2.05) is 56.3 Å². The number of hydrogen-bond donors (Lipinski definition) is 1. The molecule has 1 aromatic carbocycles. The smallest absolute Gasteiger partial charge is 0.276 e. The summed E-state index contributed by atoms with van der Waals surface area (Å²) in [5.74, 6) is -0.258. The fourth-order valence-corrected chi connectivity index (χ4v) is 4.30. The molecule has 27 heavy (non-hydrogen) atoms. The van der Waals surface area contributed by atoms with Gasteiger partial charge in [0.05, 0.1) is 16.3 Å². The molecule has 0 unspecified atom stereocenters. The maximum Gasteiger partial charge on any atom is 0.276 e. The highest BCUT2D eigenvalue weighted by Gasteiger charge is 2.16. The number of carbonyl (C=O) groups is 1. The minimum atomic E-state index is -0.258. The van der Waals surface area contributed by atoms with Gasteiger partial charge >= 0.3 is 0 Å². The van der Waals surface area contributed by atoms with Gasteiger partial charge in [0, 0.05) is 17.1 Å². The van der Waals surface area contributed by atoms with Gasteiger partial charge in [-0.2, -0.15) is 0 Å². The fraction of sp³-hybridized carbons (Fsp3) is 0.100. The predicted octanol–water partition coefficient (Wildman–Crippen LogP) is 5.20. The second-order valence-electron chi connectivity index (χ2n) is 6.01. The first-order valence-corrected chi connectivity index (χ1v) is 10.0. The van der Waals surface area contributed by atoms with Crippen LogP contribution in [0.5, 0.6) is 0 Å². The van der Waals surface area contributed by atoms with Crippen molar-refractivity contribution >= 4 is 33.7 Å². The number of anilines is 1. The van der Waals surface area contributed by atoms with Crippen molar-refractivity contribution in [1.82, 2.24) is 15.0 Å². The Bertz CT molecular complexity index is 1080. The van der Waals surface area contributed by atoms with Crippen molar-refractivity contribution in [3.05, 3.63) is 71.0 Å². The summed E-state index contributed by atoms with van der Waals surface area (Å²) in [7, 11) is 0. The molecular weight excluding hydrogens is 376 g/mol. The Labute approximate surface area is 164 Å². The third kappa shape index (κ3) is 3.79. The van der Waals surface area contributed by atoms with Gasteiger partial charge in [-0.15, -0.1) is 11.3 Å². The Morgan fingerprint density at radius 2 is 1.85 bits per heavy atom. The maximum absolute atomic E-state index is 12.6. The number of amides is 1. The standard InChI is InChI=1S/C20H16N4OS2/c1-12-6-8-14(9-7-12)19-23-16(11-26-19)18(25)24-20-22-13(2)17(27-20)15-5-3-4-10-21-15/h3-11H,1-2H3,(H,22,24,25). The molecule has 4 rings (SSSR count). The normalized spacial score (nSPS) is 10.7. The molecule has 1 amide bonds. The van der Waals surface area contributed by atoms with E-state index in [0.717, 1.165) is 26.8 Å². The lowest BCUT2D eigenvalue weighted by molar-refractivity contribution is 0.102. The number of nitrogens with one attached hydrogen (secondary N) is 1. The summed E-state index contributed by atoms with van der Waals surface area (Å²) in [5, 5.41) is 5.98. The summed E-state index contributed by atoms with van der Waals surface area (Å²) < 4.78 is 0. The summed E-state index contributed by atoms with van der Waals surface area (Å²) in [6.45, 7) is 3.95. The summed E-state index contributed by atoms with van der Waals surface area (Å²) in [5.41, 5.74) is 4.28. The van der Waals surface area contributed by atoms with Crippen molar-refractivity contribution in [1.29, 1.82) is 0 Å². The van der Waals surface area contributed by atoms with E-state index >= 15 is 0 Å². The fourth-order valence-electron chi connectivity index (χ4n) is 2.55. The van der Waals surface area contributed by atoms with Gasteiger partial charge in [0.25, 0.3) is 5.91 Å². The topological polar surface area (TPSA) is 67.8 Å². The summed E-state index contributed by atoms with van der Waals surface area (Å²) >= 11 is 2.86. The van der Waals surface area contributed by atoms with Crippen LogP contribution in [-0.2, 0) is 0 Å². The zero-order chi connectivity index (χ0) is 18.8. The van der Waals surface area contributed by atoms with E-state index in [9.17, 15) is 4.79 Å². The molecule has 0 bridgehead atoms. The molecule has 0 spiro atoms. The highest BCUT2D eigenvalue weighted by molar-refractivity contribution is 7.19. The van der Waals surface area contributed by atoms with E-state index in [1.165, 1.54) is 28.2 Å². The molecule has 0 saturated heterocycles. The molecule has 3 heterocycles. The lowest BCUT2D eigenvalue weighted by Crippen LogP contribution is -2.12. The largest absolute Gasteiger partial charge is 0.296 e.